The summed E-state index contributed by atoms with van der Waals surface area (Å²) in [7, 11) is 0. The standard InChI is InChI=1S/C69H41N5OS/c1-7-28-58-49(18-1)50-19-2-8-29-59(50)73(58)46-37-34-42(35-38-46)67-70-68(72-69(71-67)56-23-5-11-32-62(56)74-60-30-9-3-20-51(60)52-21-4-10-31-61(52)74)45-17-13-16-43(40-45)48-25-15-27-55-57-41-44(36-39-64(57)76-66(48)55)47-24-14-26-54-53-22-6-12-33-63(53)75-65(47)54/h1-41H/i3D,4D,9D,20D,21D,30D,31D. The molecule has 7 heteroatoms. The molecule has 16 aromatic rings. The van der Waals surface area contributed by atoms with E-state index in [0.29, 0.717) is 22.9 Å². The Labute approximate surface area is 449 Å². The van der Waals surface area contributed by atoms with Gasteiger partial charge in [-0.15, -0.1) is 11.3 Å². The summed E-state index contributed by atoms with van der Waals surface area (Å²) < 4.78 is 75.5. The summed E-state index contributed by atoms with van der Waals surface area (Å²) >= 11 is 1.75. The monoisotopic (exact) mass is 994 g/mol. The largest absolute Gasteiger partial charge is 0.455 e. The molecule has 5 aromatic heterocycles. The predicted octanol–water partition coefficient (Wildman–Crippen LogP) is 18.7. The Bertz CT molecular complexity index is 5400. The highest BCUT2D eigenvalue weighted by Gasteiger charge is 2.21. The predicted molar refractivity (Wildman–Crippen MR) is 316 cm³/mol. The lowest BCUT2D eigenvalue weighted by atomic mass is 9.98. The summed E-state index contributed by atoms with van der Waals surface area (Å²) in [4.78, 5) is 15.8. The zero-order valence-electron chi connectivity index (χ0n) is 47.2. The van der Waals surface area contributed by atoms with Gasteiger partial charge >= 0.3 is 0 Å². The van der Waals surface area contributed by atoms with Crippen LogP contribution in [0.15, 0.2) is 253 Å². The number of aromatic nitrogens is 5. The Balaban J connectivity index is 0.874. The number of hydrogen-bond acceptors (Lipinski definition) is 5. The average Bonchev–Trinajstić information content (AvgIpc) is 3.09. The van der Waals surface area contributed by atoms with E-state index in [4.69, 9.17) is 26.2 Å². The second-order valence-electron chi connectivity index (χ2n) is 18.9. The summed E-state index contributed by atoms with van der Waals surface area (Å²) in [5.41, 5.74) is 11.6. The van der Waals surface area contributed by atoms with Gasteiger partial charge in [-0.05, 0) is 102 Å². The number of hydrogen-bond donors (Lipinski definition) is 0. The fraction of sp³-hybridized carbons (Fsp3) is 0. The molecule has 0 saturated heterocycles. The lowest BCUT2D eigenvalue weighted by Crippen LogP contribution is -2.03. The quantitative estimate of drug-likeness (QED) is 0.160. The van der Waals surface area contributed by atoms with Crippen LogP contribution in [0.4, 0.5) is 0 Å². The number of nitrogens with zero attached hydrogens (tertiary/aromatic N) is 5. The second-order valence-corrected chi connectivity index (χ2v) is 20.0. The van der Waals surface area contributed by atoms with Crippen LogP contribution in [0.3, 0.4) is 0 Å². The third-order valence-electron chi connectivity index (χ3n) is 14.7. The molecular formula is C69H41N5OS. The zero-order chi connectivity index (χ0) is 55.9. The molecule has 5 heterocycles. The van der Waals surface area contributed by atoms with E-state index in [1.807, 2.05) is 60.7 Å². The molecule has 0 bridgehead atoms. The molecule has 0 saturated carbocycles. The molecule has 0 aliphatic rings. The molecule has 11 aromatic carbocycles. The van der Waals surface area contributed by atoms with Crippen LogP contribution < -0.4 is 0 Å². The maximum absolute atomic E-state index is 9.30. The molecular weight excluding hydrogens is 947 g/mol. The molecule has 0 aliphatic heterocycles. The summed E-state index contributed by atoms with van der Waals surface area (Å²) in [6.07, 6.45) is 0. The summed E-state index contributed by atoms with van der Waals surface area (Å²) in [5, 5.41) is 6.92. The zero-order valence-corrected chi connectivity index (χ0v) is 41.0. The van der Waals surface area contributed by atoms with Crippen molar-refractivity contribution >= 4 is 97.1 Å². The van der Waals surface area contributed by atoms with Gasteiger partial charge in [0.15, 0.2) is 17.5 Å². The first-order valence-electron chi connectivity index (χ1n) is 28.5. The van der Waals surface area contributed by atoms with Crippen LogP contribution in [-0.4, -0.2) is 24.1 Å². The normalized spacial score (nSPS) is 13.2. The van der Waals surface area contributed by atoms with Crippen molar-refractivity contribution in [3.63, 3.8) is 0 Å². The van der Waals surface area contributed by atoms with Crippen molar-refractivity contribution in [2.75, 3.05) is 0 Å². The molecule has 76 heavy (non-hydrogen) atoms. The lowest BCUT2D eigenvalue weighted by molar-refractivity contribution is 0.670. The molecule has 0 spiro atoms. The molecule has 0 radical (unpaired) electrons. The minimum Gasteiger partial charge on any atom is -0.455 e. The summed E-state index contributed by atoms with van der Waals surface area (Å²) in [5.74, 6) is 1.04. The van der Waals surface area contributed by atoms with Gasteiger partial charge in [-0.25, -0.2) is 15.0 Å². The van der Waals surface area contributed by atoms with Crippen LogP contribution in [0.2, 0.25) is 0 Å². The van der Waals surface area contributed by atoms with Crippen LogP contribution >= 0.6 is 11.3 Å². The van der Waals surface area contributed by atoms with Gasteiger partial charge in [0, 0.05) is 80.4 Å². The number of furan rings is 1. The molecule has 0 unspecified atom stereocenters. The van der Waals surface area contributed by atoms with Crippen molar-refractivity contribution < 1.29 is 14.0 Å². The molecule has 16 rings (SSSR count). The molecule has 6 nitrogen and oxygen atoms in total. The van der Waals surface area contributed by atoms with Crippen molar-refractivity contribution in [1.82, 2.24) is 24.1 Å². The number of benzene rings is 11. The van der Waals surface area contributed by atoms with E-state index in [-0.39, 0.29) is 57.8 Å². The molecule has 0 fully saturated rings. The van der Waals surface area contributed by atoms with Gasteiger partial charge in [0.2, 0.25) is 0 Å². The van der Waals surface area contributed by atoms with Gasteiger partial charge in [0.25, 0.3) is 0 Å². The van der Waals surface area contributed by atoms with Crippen LogP contribution in [0.1, 0.15) is 9.60 Å². The van der Waals surface area contributed by atoms with Crippen LogP contribution in [-0.2, 0) is 0 Å². The molecule has 0 aliphatic carbocycles. The highest BCUT2D eigenvalue weighted by atomic mass is 32.1. The van der Waals surface area contributed by atoms with Crippen molar-refractivity contribution in [3.8, 4) is 67.8 Å². The van der Waals surface area contributed by atoms with Crippen LogP contribution in [0, 0.1) is 0 Å². The number of rotatable bonds is 7. The fourth-order valence-corrected chi connectivity index (χ4v) is 12.5. The minimum absolute atomic E-state index is 0.0555. The molecule has 0 N–H and O–H groups in total. The Morgan fingerprint density at radius 2 is 0.974 bits per heavy atom. The average molecular weight is 995 g/mol. The van der Waals surface area contributed by atoms with Crippen molar-refractivity contribution in [1.29, 1.82) is 0 Å². The summed E-state index contributed by atoms with van der Waals surface area (Å²) in [6, 6.07) is 67.1. The van der Waals surface area contributed by atoms with E-state index in [1.165, 1.54) is 6.07 Å². The van der Waals surface area contributed by atoms with Gasteiger partial charge in [-0.2, -0.15) is 0 Å². The molecule has 354 valence electrons. The first kappa shape index (κ1) is 36.1. The maximum atomic E-state index is 9.30. The highest BCUT2D eigenvalue weighted by molar-refractivity contribution is 7.26. The van der Waals surface area contributed by atoms with E-state index < -0.39 is 12.1 Å². The number of fused-ring (bicyclic) bond motifs is 12. The third-order valence-corrected chi connectivity index (χ3v) is 15.9. The Kier molecular flexibility index (Phi) is 7.97. The highest BCUT2D eigenvalue weighted by Crippen LogP contribution is 2.44. The first-order chi connectivity index (χ1) is 40.6. The number of para-hydroxylation sites is 7. The van der Waals surface area contributed by atoms with E-state index >= 15 is 0 Å². The topological polar surface area (TPSA) is 61.7 Å². The Morgan fingerprint density at radius 1 is 0.368 bits per heavy atom. The van der Waals surface area contributed by atoms with Gasteiger partial charge in [0.05, 0.1) is 37.3 Å². The maximum Gasteiger partial charge on any atom is 0.166 e. The van der Waals surface area contributed by atoms with Crippen molar-refractivity contribution in [2.24, 2.45) is 0 Å². The van der Waals surface area contributed by atoms with Crippen molar-refractivity contribution in [3.05, 3.63) is 249 Å². The number of thiophene rings is 1. The molecule has 0 atom stereocenters. The fourth-order valence-electron chi connectivity index (χ4n) is 11.3. The Hall–Kier alpha value is -9.95. The summed E-state index contributed by atoms with van der Waals surface area (Å²) in [6.45, 7) is 0. The van der Waals surface area contributed by atoms with Crippen LogP contribution in [0.5, 0.6) is 0 Å². The van der Waals surface area contributed by atoms with Crippen LogP contribution in [0.25, 0.3) is 154 Å². The van der Waals surface area contributed by atoms with E-state index in [0.717, 1.165) is 103 Å². The van der Waals surface area contributed by atoms with E-state index in [1.54, 1.807) is 22.0 Å². The van der Waals surface area contributed by atoms with E-state index in [2.05, 4.69) is 138 Å². The SMILES string of the molecule is [2H]c1cc([2H])c2c(c1[2H])c1c([2H])c([2H])c([2H])c([2H])c1n2-c1ccccc1-c1nc(-c2ccc(-n3c4ccccc4c4ccccc43)cc2)nc(-c2cccc(-c3cccc4c3sc3ccc(-c5cccc6c5oc5ccccc56)cc34)c2)n1. The minimum atomic E-state index is -0.472. The molecule has 0 amide bonds. The van der Waals surface area contributed by atoms with E-state index in [9.17, 15) is 2.74 Å². The third kappa shape index (κ3) is 6.56. The lowest BCUT2D eigenvalue weighted by Gasteiger charge is -2.15. The van der Waals surface area contributed by atoms with Gasteiger partial charge in [0.1, 0.15) is 11.2 Å². The van der Waals surface area contributed by atoms with Gasteiger partial charge in [-0.1, -0.05) is 164 Å². The smallest absolute Gasteiger partial charge is 0.166 e. The van der Waals surface area contributed by atoms with Gasteiger partial charge in [-0.3, -0.25) is 0 Å². The first-order valence-corrected chi connectivity index (χ1v) is 25.8. The second kappa shape index (κ2) is 16.8. The Morgan fingerprint density at radius 3 is 1.82 bits per heavy atom. The van der Waals surface area contributed by atoms with Gasteiger partial charge < -0.3 is 13.6 Å². The van der Waals surface area contributed by atoms with Crippen molar-refractivity contribution in [2.45, 2.75) is 0 Å².